The molecule has 158 valence electrons. The average Bonchev–Trinajstić information content (AvgIpc) is 2.63. The Balaban J connectivity index is 0.00000364. The van der Waals surface area contributed by atoms with Crippen LogP contribution < -0.4 is 16.4 Å². The second-order valence-electron chi connectivity index (χ2n) is 7.59. The van der Waals surface area contributed by atoms with E-state index in [1.165, 1.54) is 38.9 Å². The van der Waals surface area contributed by atoms with Gasteiger partial charge in [-0.15, -0.1) is 24.0 Å². The van der Waals surface area contributed by atoms with Crippen molar-refractivity contribution in [2.24, 2.45) is 16.6 Å². The van der Waals surface area contributed by atoms with E-state index in [4.69, 9.17) is 10.7 Å². The Bertz CT molecular complexity index is 445. The lowest BCUT2D eigenvalue weighted by Gasteiger charge is -2.32. The number of likely N-dealkylation sites (tertiary alicyclic amines) is 2. The number of nitrogens with two attached hydrogens (primary N) is 1. The van der Waals surface area contributed by atoms with Crippen LogP contribution in [0.2, 0.25) is 0 Å². The highest BCUT2D eigenvalue weighted by atomic mass is 127. The van der Waals surface area contributed by atoms with E-state index in [9.17, 15) is 4.79 Å². The number of nitrogens with zero attached hydrogens (tertiary/aromatic N) is 3. The Kier molecular flexibility index (Phi) is 12.3. The number of nitrogens with one attached hydrogen (secondary N) is 2. The van der Waals surface area contributed by atoms with Crippen LogP contribution in [0.15, 0.2) is 4.99 Å². The van der Waals surface area contributed by atoms with Crippen molar-refractivity contribution in [2.45, 2.75) is 52.0 Å². The zero-order valence-electron chi connectivity index (χ0n) is 17.1. The van der Waals surface area contributed by atoms with E-state index >= 15 is 0 Å². The quantitative estimate of drug-likeness (QED) is 0.269. The molecule has 0 atom stereocenters. The molecule has 27 heavy (non-hydrogen) atoms. The molecule has 0 radical (unpaired) electrons. The second-order valence-corrected chi connectivity index (χ2v) is 7.59. The maximum atomic E-state index is 11.0. The molecule has 0 aromatic heterocycles. The number of halogens is 1. The van der Waals surface area contributed by atoms with Crippen LogP contribution in [0.5, 0.6) is 0 Å². The third-order valence-electron chi connectivity index (χ3n) is 5.61. The highest BCUT2D eigenvalue weighted by Crippen LogP contribution is 2.20. The van der Waals surface area contributed by atoms with Crippen LogP contribution in [0, 0.1) is 5.92 Å². The number of primary amides is 1. The number of carbonyl (C=O) groups is 1. The van der Waals surface area contributed by atoms with Crippen LogP contribution in [-0.2, 0) is 4.79 Å². The summed E-state index contributed by atoms with van der Waals surface area (Å²) in [6.07, 6.45) is 5.85. The molecule has 8 heteroatoms. The molecule has 2 heterocycles. The number of carbonyl (C=O) groups excluding carboxylic acids is 1. The molecule has 0 saturated carbocycles. The van der Waals surface area contributed by atoms with E-state index < -0.39 is 0 Å². The third kappa shape index (κ3) is 9.43. The van der Waals surface area contributed by atoms with Crippen molar-refractivity contribution >= 4 is 35.8 Å². The molecule has 0 spiro atoms. The first-order valence-electron chi connectivity index (χ1n) is 10.4. The van der Waals surface area contributed by atoms with Gasteiger partial charge in [-0.1, -0.05) is 6.92 Å². The van der Waals surface area contributed by atoms with E-state index in [0.29, 0.717) is 12.6 Å². The van der Waals surface area contributed by atoms with Crippen molar-refractivity contribution in [3.05, 3.63) is 0 Å². The highest BCUT2D eigenvalue weighted by molar-refractivity contribution is 14.0. The first-order chi connectivity index (χ1) is 12.6. The summed E-state index contributed by atoms with van der Waals surface area (Å²) in [5.74, 6) is 1.52. The van der Waals surface area contributed by atoms with Crippen molar-refractivity contribution in [2.75, 3.05) is 52.4 Å². The smallest absolute Gasteiger partial charge is 0.231 e. The number of rotatable bonds is 8. The predicted molar refractivity (Wildman–Crippen MR) is 123 cm³/mol. The molecular weight excluding hydrogens is 455 g/mol. The van der Waals surface area contributed by atoms with E-state index in [0.717, 1.165) is 50.9 Å². The number of amides is 1. The Labute approximate surface area is 181 Å². The molecule has 7 nitrogen and oxygen atoms in total. The van der Waals surface area contributed by atoms with Crippen molar-refractivity contribution in [1.82, 2.24) is 20.4 Å². The minimum absolute atomic E-state index is 0. The minimum atomic E-state index is -0.240. The second kappa shape index (κ2) is 13.5. The Morgan fingerprint density at radius 3 is 2.26 bits per heavy atom. The highest BCUT2D eigenvalue weighted by Gasteiger charge is 2.21. The van der Waals surface area contributed by atoms with Gasteiger partial charge in [-0.05, 0) is 64.6 Å². The van der Waals surface area contributed by atoms with Gasteiger partial charge < -0.3 is 21.3 Å². The van der Waals surface area contributed by atoms with Gasteiger partial charge in [-0.25, -0.2) is 0 Å². The lowest BCUT2D eigenvalue weighted by Crippen LogP contribution is -2.49. The zero-order chi connectivity index (χ0) is 18.8. The number of hydrogen-bond donors (Lipinski definition) is 3. The Morgan fingerprint density at radius 2 is 1.70 bits per heavy atom. The fourth-order valence-corrected chi connectivity index (χ4v) is 3.92. The molecule has 1 amide bonds. The molecule has 4 N–H and O–H groups in total. The fourth-order valence-electron chi connectivity index (χ4n) is 3.92. The summed E-state index contributed by atoms with van der Waals surface area (Å²) in [6, 6.07) is 0.421. The maximum Gasteiger partial charge on any atom is 0.231 e. The standard InChI is InChI=1S/C19H38N6O.HI/c1-3-21-19(22-10-5-16-6-11-24(4-2)12-7-16)23-17-8-13-25(14-9-17)15-18(20)26;/h16-17H,3-15H2,1-2H3,(H2,20,26)(H2,21,22,23);1H. The fraction of sp³-hybridized carbons (Fsp3) is 0.895. The normalized spacial score (nSPS) is 20.9. The molecule has 0 aromatic rings. The van der Waals surface area contributed by atoms with Gasteiger partial charge >= 0.3 is 0 Å². The lowest BCUT2D eigenvalue weighted by molar-refractivity contribution is -0.119. The summed E-state index contributed by atoms with van der Waals surface area (Å²) >= 11 is 0. The van der Waals surface area contributed by atoms with E-state index in [2.05, 4.69) is 34.3 Å². The van der Waals surface area contributed by atoms with Crippen LogP contribution in [0.1, 0.15) is 46.0 Å². The summed E-state index contributed by atoms with van der Waals surface area (Å²) in [6.45, 7) is 12.0. The van der Waals surface area contributed by atoms with Gasteiger partial charge in [0.2, 0.25) is 5.91 Å². The summed E-state index contributed by atoms with van der Waals surface area (Å²) in [5, 5.41) is 6.94. The molecule has 2 fully saturated rings. The monoisotopic (exact) mass is 494 g/mol. The van der Waals surface area contributed by atoms with Gasteiger partial charge in [0.05, 0.1) is 6.54 Å². The van der Waals surface area contributed by atoms with Crippen LogP contribution in [0.3, 0.4) is 0 Å². The maximum absolute atomic E-state index is 11.0. The number of piperidine rings is 2. The predicted octanol–water partition coefficient (Wildman–Crippen LogP) is 1.23. The van der Waals surface area contributed by atoms with E-state index in [1.54, 1.807) is 0 Å². The third-order valence-corrected chi connectivity index (χ3v) is 5.61. The Hall–Kier alpha value is -0.610. The first kappa shape index (κ1) is 24.4. The van der Waals surface area contributed by atoms with Crippen molar-refractivity contribution < 1.29 is 4.79 Å². The van der Waals surface area contributed by atoms with Gasteiger partial charge in [0, 0.05) is 32.2 Å². The summed E-state index contributed by atoms with van der Waals surface area (Å²) in [4.78, 5) is 20.5. The van der Waals surface area contributed by atoms with Crippen LogP contribution in [-0.4, -0.2) is 80.1 Å². The lowest BCUT2D eigenvalue weighted by atomic mass is 9.94. The van der Waals surface area contributed by atoms with E-state index in [-0.39, 0.29) is 29.9 Å². The van der Waals surface area contributed by atoms with E-state index in [1.807, 2.05) is 0 Å². The largest absolute Gasteiger partial charge is 0.369 e. The average molecular weight is 494 g/mol. The number of hydrogen-bond acceptors (Lipinski definition) is 4. The molecule has 0 unspecified atom stereocenters. The molecule has 2 rings (SSSR count). The van der Waals surface area contributed by atoms with Crippen LogP contribution in [0.25, 0.3) is 0 Å². The number of aliphatic imine (C=N–C) groups is 1. The van der Waals surface area contributed by atoms with Crippen molar-refractivity contribution in [1.29, 1.82) is 0 Å². The molecule has 0 aromatic carbocycles. The van der Waals surface area contributed by atoms with Gasteiger partial charge in [0.25, 0.3) is 0 Å². The Morgan fingerprint density at radius 1 is 1.07 bits per heavy atom. The number of guanidine groups is 1. The minimum Gasteiger partial charge on any atom is -0.369 e. The van der Waals surface area contributed by atoms with Crippen LogP contribution >= 0.6 is 24.0 Å². The van der Waals surface area contributed by atoms with Gasteiger partial charge in [0.1, 0.15) is 0 Å². The SMILES string of the molecule is CCNC(=NCCC1CCN(CC)CC1)NC1CCN(CC(N)=O)CC1.I. The molecule has 0 aliphatic carbocycles. The van der Waals surface area contributed by atoms with Crippen molar-refractivity contribution in [3.8, 4) is 0 Å². The first-order valence-corrected chi connectivity index (χ1v) is 10.4. The molecule has 2 saturated heterocycles. The molecule has 2 aliphatic rings. The van der Waals surface area contributed by atoms with Crippen LogP contribution in [0.4, 0.5) is 0 Å². The van der Waals surface area contributed by atoms with Gasteiger partial charge in [-0.2, -0.15) is 0 Å². The summed E-state index contributed by atoms with van der Waals surface area (Å²) in [7, 11) is 0. The zero-order valence-corrected chi connectivity index (χ0v) is 19.4. The molecule has 2 aliphatic heterocycles. The molecular formula is C19H39IN6O. The topological polar surface area (TPSA) is 86.0 Å². The summed E-state index contributed by atoms with van der Waals surface area (Å²) < 4.78 is 0. The van der Waals surface area contributed by atoms with Gasteiger partial charge in [-0.3, -0.25) is 14.7 Å². The van der Waals surface area contributed by atoms with Crippen molar-refractivity contribution in [3.63, 3.8) is 0 Å². The van der Waals surface area contributed by atoms with Gasteiger partial charge in [0.15, 0.2) is 5.96 Å². The summed E-state index contributed by atoms with van der Waals surface area (Å²) in [5.41, 5.74) is 5.28. The molecule has 0 bridgehead atoms.